The van der Waals surface area contributed by atoms with E-state index in [9.17, 15) is 36.3 Å². The summed E-state index contributed by atoms with van der Waals surface area (Å²) in [7, 11) is -3.94. The summed E-state index contributed by atoms with van der Waals surface area (Å²) in [6.07, 6.45) is -5.08. The van der Waals surface area contributed by atoms with Crippen molar-refractivity contribution in [2.24, 2.45) is 0 Å². The number of benzene rings is 2. The number of rotatable bonds is 8. The van der Waals surface area contributed by atoms with Gasteiger partial charge in [0.2, 0.25) is 5.91 Å². The number of carbonyl (C=O) groups excluding carboxylic acids is 1. The number of alkyl halides is 3. The first-order chi connectivity index (χ1) is 18.9. The quantitative estimate of drug-likeness (QED) is 0.357. The number of hydrogen-bond acceptors (Lipinski definition) is 7. The fourth-order valence-corrected chi connectivity index (χ4v) is 5.34. The van der Waals surface area contributed by atoms with Gasteiger partial charge in [0.05, 0.1) is 28.4 Å². The summed E-state index contributed by atoms with van der Waals surface area (Å²) in [6, 6.07) is 9.71. The van der Waals surface area contributed by atoms with E-state index in [1.54, 1.807) is 25.1 Å². The fourth-order valence-electron chi connectivity index (χ4n) is 3.94. The zero-order chi connectivity index (χ0) is 31.1. The minimum absolute atomic E-state index is 0.00796. The molecule has 4 N–H and O–H groups in total. The third-order valence-corrected chi connectivity index (χ3v) is 7.40. The molecule has 0 spiro atoms. The molecule has 41 heavy (non-hydrogen) atoms. The summed E-state index contributed by atoms with van der Waals surface area (Å²) in [6.45, 7) is 10.0. The summed E-state index contributed by atoms with van der Waals surface area (Å²) in [5, 5.41) is 19.5. The molecule has 0 bridgehead atoms. The van der Waals surface area contributed by atoms with Gasteiger partial charge in [-0.15, -0.1) is 0 Å². The van der Waals surface area contributed by atoms with E-state index in [2.05, 4.69) is 10.0 Å². The molecule has 1 heterocycles. The average molecular weight is 603 g/mol. The molecule has 0 aliphatic carbocycles. The second kappa shape index (κ2) is 13.7. The maximum Gasteiger partial charge on any atom is 0.490 e. The van der Waals surface area contributed by atoms with E-state index in [4.69, 9.17) is 9.90 Å². The van der Waals surface area contributed by atoms with Crippen LogP contribution in [-0.2, 0) is 19.6 Å². The highest BCUT2D eigenvalue weighted by Crippen LogP contribution is 2.31. The first-order valence-corrected chi connectivity index (χ1v) is 13.9. The van der Waals surface area contributed by atoms with Gasteiger partial charge in [0.1, 0.15) is 0 Å². The Morgan fingerprint density at radius 3 is 2.07 bits per heavy atom. The van der Waals surface area contributed by atoms with Crippen LogP contribution < -0.4 is 14.9 Å². The van der Waals surface area contributed by atoms with E-state index in [1.165, 1.54) is 12.1 Å². The molecule has 0 unspecified atom stereocenters. The summed E-state index contributed by atoms with van der Waals surface area (Å²) in [4.78, 5) is 36.7. The summed E-state index contributed by atoms with van der Waals surface area (Å²) < 4.78 is 60.8. The van der Waals surface area contributed by atoms with Gasteiger partial charge in [0.25, 0.3) is 10.0 Å². The van der Waals surface area contributed by atoms with Crippen LogP contribution >= 0.6 is 0 Å². The number of aryl methyl sites for hydroxylation is 2. The van der Waals surface area contributed by atoms with Crippen molar-refractivity contribution >= 4 is 39.2 Å². The molecule has 1 aliphatic heterocycles. The smallest absolute Gasteiger partial charge is 0.478 e. The monoisotopic (exact) mass is 602 g/mol. The van der Waals surface area contributed by atoms with Gasteiger partial charge in [0, 0.05) is 32.2 Å². The molecule has 0 saturated carbocycles. The molecule has 226 valence electrons. The number of carboxylic acid groups (broad SMARTS) is 2. The number of nitrogens with zero attached hydrogens (tertiary/aromatic N) is 2. The number of carboxylic acids is 2. The van der Waals surface area contributed by atoms with Crippen LogP contribution in [0.15, 0.2) is 41.3 Å². The molecule has 1 aliphatic rings. The molecule has 11 nitrogen and oxygen atoms in total. The van der Waals surface area contributed by atoms with Crippen molar-refractivity contribution in [1.29, 1.82) is 0 Å². The van der Waals surface area contributed by atoms with Crippen molar-refractivity contribution in [3.63, 3.8) is 0 Å². The van der Waals surface area contributed by atoms with E-state index in [-0.39, 0.29) is 28.1 Å². The number of piperazine rings is 1. The second-order valence-electron chi connectivity index (χ2n) is 9.70. The third kappa shape index (κ3) is 9.93. The number of sulfonamides is 1. The lowest BCUT2D eigenvalue weighted by atomic mass is 10.1. The van der Waals surface area contributed by atoms with Gasteiger partial charge in [-0.3, -0.25) is 14.4 Å². The third-order valence-electron chi connectivity index (χ3n) is 5.89. The summed E-state index contributed by atoms with van der Waals surface area (Å²) >= 11 is 0. The lowest BCUT2D eigenvalue weighted by molar-refractivity contribution is -0.192. The standard InChI is InChI=1S/C24H32N4O5S.C2HF3O2/c1-16(2)25-23(29)15-27-9-11-28(12-10-27)21-8-7-19(24(30)31)14-20(21)26-34(32,33)22-13-17(3)5-6-18(22)4;3-2(4,5)1(6)7/h5-8,13-14,16,26H,9-12,15H2,1-4H3,(H,25,29)(H,30,31);(H,6,7). The van der Waals surface area contributed by atoms with Gasteiger partial charge in [0.15, 0.2) is 0 Å². The molecular formula is C26H33F3N4O7S. The highest BCUT2D eigenvalue weighted by Gasteiger charge is 2.38. The number of nitrogens with one attached hydrogen (secondary N) is 2. The zero-order valence-electron chi connectivity index (χ0n) is 22.9. The van der Waals surface area contributed by atoms with Gasteiger partial charge in [-0.05, 0) is 63.1 Å². The number of hydrogen-bond donors (Lipinski definition) is 4. The SMILES string of the molecule is Cc1ccc(C)c(S(=O)(=O)Nc2cc(C(=O)O)ccc2N2CCN(CC(=O)NC(C)C)CC2)c1.O=C(O)C(F)(F)F. The van der Waals surface area contributed by atoms with Crippen LogP contribution in [0.2, 0.25) is 0 Å². The Hall–Kier alpha value is -3.85. The molecule has 1 amide bonds. The Morgan fingerprint density at radius 2 is 1.56 bits per heavy atom. The Bertz CT molecular complexity index is 1370. The summed E-state index contributed by atoms with van der Waals surface area (Å²) in [5.41, 5.74) is 2.22. The van der Waals surface area contributed by atoms with Gasteiger partial charge in [-0.25, -0.2) is 18.0 Å². The predicted octanol–water partition coefficient (Wildman–Crippen LogP) is 3.08. The van der Waals surface area contributed by atoms with Crippen LogP contribution in [0.3, 0.4) is 0 Å². The number of halogens is 3. The molecule has 1 fully saturated rings. The first-order valence-electron chi connectivity index (χ1n) is 12.4. The van der Waals surface area contributed by atoms with Gasteiger partial charge in [-0.2, -0.15) is 13.2 Å². The Morgan fingerprint density at radius 1 is 0.976 bits per heavy atom. The maximum atomic E-state index is 13.2. The first kappa shape index (κ1) is 33.4. The highest BCUT2D eigenvalue weighted by atomic mass is 32.2. The molecule has 0 atom stereocenters. The molecule has 15 heteroatoms. The number of aromatic carboxylic acids is 1. The molecule has 0 radical (unpaired) electrons. The van der Waals surface area contributed by atoms with E-state index >= 15 is 0 Å². The Labute approximate surface area is 236 Å². The van der Waals surface area contributed by atoms with Crippen molar-refractivity contribution in [3.8, 4) is 0 Å². The fraction of sp³-hybridized carbons (Fsp3) is 0.423. The van der Waals surface area contributed by atoms with Crippen molar-refractivity contribution in [1.82, 2.24) is 10.2 Å². The molecule has 1 saturated heterocycles. The molecular weight excluding hydrogens is 569 g/mol. The van der Waals surface area contributed by atoms with Crippen molar-refractivity contribution in [3.05, 3.63) is 53.1 Å². The van der Waals surface area contributed by atoms with E-state index in [1.807, 2.05) is 36.6 Å². The van der Waals surface area contributed by atoms with E-state index in [0.29, 0.717) is 44.0 Å². The van der Waals surface area contributed by atoms with E-state index < -0.39 is 28.1 Å². The van der Waals surface area contributed by atoms with Crippen LogP contribution in [0.4, 0.5) is 24.5 Å². The lowest BCUT2D eigenvalue weighted by Crippen LogP contribution is -2.50. The summed E-state index contributed by atoms with van der Waals surface area (Å²) in [5.74, 6) is -3.93. The topological polar surface area (TPSA) is 156 Å². The highest BCUT2D eigenvalue weighted by molar-refractivity contribution is 7.92. The van der Waals surface area contributed by atoms with Gasteiger partial charge in [-0.1, -0.05) is 12.1 Å². The van der Waals surface area contributed by atoms with Crippen LogP contribution in [0.25, 0.3) is 0 Å². The Balaban J connectivity index is 0.000000745. The average Bonchev–Trinajstić information content (AvgIpc) is 2.85. The minimum atomic E-state index is -5.08. The zero-order valence-corrected chi connectivity index (χ0v) is 23.8. The molecule has 2 aromatic carbocycles. The number of amides is 1. The lowest BCUT2D eigenvalue weighted by Gasteiger charge is -2.36. The predicted molar refractivity (Wildman–Crippen MR) is 146 cm³/mol. The van der Waals surface area contributed by atoms with Crippen molar-refractivity contribution in [2.75, 3.05) is 42.3 Å². The van der Waals surface area contributed by atoms with Gasteiger partial charge < -0.3 is 20.4 Å². The van der Waals surface area contributed by atoms with Crippen LogP contribution in [0.5, 0.6) is 0 Å². The second-order valence-corrected chi connectivity index (χ2v) is 11.4. The number of aliphatic carboxylic acids is 1. The number of carbonyl (C=O) groups is 3. The van der Waals surface area contributed by atoms with E-state index in [0.717, 1.165) is 5.56 Å². The number of anilines is 2. The molecule has 0 aromatic heterocycles. The molecule has 3 rings (SSSR count). The molecule has 2 aromatic rings. The largest absolute Gasteiger partial charge is 0.490 e. The van der Waals surface area contributed by atoms with Crippen molar-refractivity contribution in [2.45, 2.75) is 44.8 Å². The van der Waals surface area contributed by atoms with Crippen LogP contribution in [-0.4, -0.2) is 86.3 Å². The normalized spacial score (nSPS) is 14.2. The minimum Gasteiger partial charge on any atom is -0.478 e. The van der Waals surface area contributed by atoms with Gasteiger partial charge >= 0.3 is 18.1 Å². The van der Waals surface area contributed by atoms with Crippen molar-refractivity contribution < 1.29 is 46.2 Å². The van der Waals surface area contributed by atoms with Crippen LogP contribution in [0.1, 0.15) is 35.3 Å². The Kier molecular flexibility index (Phi) is 11.1. The maximum absolute atomic E-state index is 13.2. The van der Waals surface area contributed by atoms with Crippen LogP contribution in [0, 0.1) is 13.8 Å².